The van der Waals surface area contributed by atoms with Crippen molar-refractivity contribution in [3.05, 3.63) is 65.7 Å². The van der Waals surface area contributed by atoms with Gasteiger partial charge in [-0.15, -0.1) is 0 Å². The summed E-state index contributed by atoms with van der Waals surface area (Å²) < 4.78 is 0. The van der Waals surface area contributed by atoms with E-state index in [1.807, 2.05) is 42.2 Å². The maximum Gasteiger partial charge on any atom is 0.241 e. The van der Waals surface area contributed by atoms with Gasteiger partial charge in [0.2, 0.25) is 11.8 Å². The van der Waals surface area contributed by atoms with E-state index in [4.69, 9.17) is 0 Å². The molecule has 0 aliphatic carbocycles. The summed E-state index contributed by atoms with van der Waals surface area (Å²) in [4.78, 5) is 45.0. The Morgan fingerprint density at radius 2 is 1.53 bits per heavy atom. The molecule has 0 spiro atoms. The fraction of sp³-hybridized carbons (Fsp3) is 0.444. The van der Waals surface area contributed by atoms with Gasteiger partial charge in [0.25, 0.3) is 0 Å². The van der Waals surface area contributed by atoms with Gasteiger partial charge >= 0.3 is 0 Å². The van der Waals surface area contributed by atoms with Gasteiger partial charge in [0.1, 0.15) is 0 Å². The molecule has 7 nitrogen and oxygen atoms in total. The Morgan fingerprint density at radius 3 is 2.29 bits per heavy atom. The van der Waals surface area contributed by atoms with Crippen molar-refractivity contribution < 1.29 is 14.4 Å². The first-order valence-electron chi connectivity index (χ1n) is 12.3. The fourth-order valence-corrected chi connectivity index (χ4v) is 4.73. The number of hydrogen-bond donors (Lipinski definition) is 1. The monoisotopic (exact) mass is 462 g/mol. The molecule has 0 bridgehead atoms. The molecule has 0 unspecified atom stereocenters. The van der Waals surface area contributed by atoms with Crippen molar-refractivity contribution in [2.45, 2.75) is 32.2 Å². The van der Waals surface area contributed by atoms with Gasteiger partial charge in [-0.2, -0.15) is 0 Å². The van der Waals surface area contributed by atoms with E-state index in [9.17, 15) is 14.4 Å². The zero-order valence-electron chi connectivity index (χ0n) is 19.9. The Bertz CT molecular complexity index is 1000. The maximum atomic E-state index is 13.1. The van der Waals surface area contributed by atoms with Gasteiger partial charge in [-0.3, -0.25) is 24.2 Å². The van der Waals surface area contributed by atoms with Crippen molar-refractivity contribution in [1.29, 1.82) is 0 Å². The summed E-state index contributed by atoms with van der Waals surface area (Å²) in [5.41, 5.74) is 1.60. The molecule has 2 aromatic carbocycles. The second-order valence-electron chi connectivity index (χ2n) is 9.16. The molecule has 0 saturated carbocycles. The van der Waals surface area contributed by atoms with Crippen LogP contribution in [0, 0.1) is 0 Å². The third-order valence-electron chi connectivity index (χ3n) is 6.83. The molecule has 2 amide bonds. The summed E-state index contributed by atoms with van der Waals surface area (Å²) >= 11 is 0. The summed E-state index contributed by atoms with van der Waals surface area (Å²) in [7, 11) is 0. The van der Waals surface area contributed by atoms with Gasteiger partial charge in [0.05, 0.1) is 18.3 Å². The summed E-state index contributed by atoms with van der Waals surface area (Å²) in [6.45, 7) is 7.28. The van der Waals surface area contributed by atoms with E-state index in [0.717, 1.165) is 58.5 Å². The Morgan fingerprint density at radius 1 is 0.824 bits per heavy atom. The first-order chi connectivity index (χ1) is 16.5. The molecule has 2 heterocycles. The van der Waals surface area contributed by atoms with Gasteiger partial charge in [-0.1, -0.05) is 42.5 Å². The first kappa shape index (κ1) is 24.1. The summed E-state index contributed by atoms with van der Waals surface area (Å²) in [5.74, 6) is -0.0245. The van der Waals surface area contributed by atoms with E-state index >= 15 is 0 Å². The highest BCUT2D eigenvalue weighted by molar-refractivity contribution is 6.14. The molecule has 180 valence electrons. The fourth-order valence-electron chi connectivity index (χ4n) is 4.73. The van der Waals surface area contributed by atoms with Crippen molar-refractivity contribution in [3.63, 3.8) is 0 Å². The molecular weight excluding hydrogens is 428 g/mol. The maximum absolute atomic E-state index is 13.1. The van der Waals surface area contributed by atoms with Crippen molar-refractivity contribution >= 4 is 23.3 Å². The lowest BCUT2D eigenvalue weighted by Gasteiger charge is -2.27. The Labute approximate surface area is 201 Å². The van der Waals surface area contributed by atoms with Crippen LogP contribution in [0.4, 0.5) is 5.69 Å². The molecule has 0 radical (unpaired) electrons. The number of rotatable bonds is 7. The Kier molecular flexibility index (Phi) is 8.08. The van der Waals surface area contributed by atoms with E-state index in [2.05, 4.69) is 15.1 Å². The predicted octanol–water partition coefficient (Wildman–Crippen LogP) is 2.87. The minimum absolute atomic E-state index is 0.114. The van der Waals surface area contributed by atoms with Crippen molar-refractivity contribution in [2.75, 3.05) is 51.1 Å². The highest BCUT2D eigenvalue weighted by Crippen LogP contribution is 2.20. The lowest BCUT2D eigenvalue weighted by molar-refractivity contribution is -0.131. The lowest BCUT2D eigenvalue weighted by atomic mass is 10.0. The quantitative estimate of drug-likeness (QED) is 0.641. The third-order valence-corrected chi connectivity index (χ3v) is 6.83. The second kappa shape index (κ2) is 11.4. The molecule has 2 fully saturated rings. The molecule has 1 atom stereocenters. The molecule has 2 aromatic rings. The molecule has 2 saturated heterocycles. The average molecular weight is 463 g/mol. The van der Waals surface area contributed by atoms with Crippen molar-refractivity contribution in [1.82, 2.24) is 14.7 Å². The van der Waals surface area contributed by atoms with Gasteiger partial charge in [0.15, 0.2) is 5.78 Å². The van der Waals surface area contributed by atoms with E-state index in [0.29, 0.717) is 23.4 Å². The largest absolute Gasteiger partial charge is 0.342 e. The molecule has 0 aromatic heterocycles. The zero-order chi connectivity index (χ0) is 23.9. The topological polar surface area (TPSA) is 73.0 Å². The zero-order valence-corrected chi connectivity index (χ0v) is 19.9. The Balaban J connectivity index is 1.35. The van der Waals surface area contributed by atoms with Gasteiger partial charge < -0.3 is 10.2 Å². The van der Waals surface area contributed by atoms with Crippen molar-refractivity contribution in [3.8, 4) is 0 Å². The number of benzene rings is 2. The van der Waals surface area contributed by atoms with Crippen LogP contribution in [0.15, 0.2) is 54.6 Å². The van der Waals surface area contributed by atoms with Crippen LogP contribution in [0.2, 0.25) is 0 Å². The van der Waals surface area contributed by atoms with Crippen LogP contribution >= 0.6 is 0 Å². The standard InChI is InChI=1S/C27H34N4O3/c1-21(30-17-9-14-29(18-19-30)20-25(32)31-15-7-8-16-31)27(34)28-24-13-6-5-12-23(24)26(33)22-10-3-2-4-11-22/h2-6,10-13,21H,7-9,14-20H2,1H3,(H,28,34)/t21-/m0/s1. The number of amides is 2. The molecule has 1 N–H and O–H groups in total. The first-order valence-corrected chi connectivity index (χ1v) is 12.3. The van der Waals surface area contributed by atoms with E-state index < -0.39 is 0 Å². The van der Waals surface area contributed by atoms with Gasteiger partial charge in [-0.05, 0) is 44.9 Å². The predicted molar refractivity (Wildman–Crippen MR) is 133 cm³/mol. The minimum atomic E-state index is -0.339. The number of carbonyl (C=O) groups excluding carboxylic acids is 3. The van der Waals surface area contributed by atoms with Crippen LogP contribution in [-0.4, -0.2) is 84.2 Å². The number of hydrogen-bond acceptors (Lipinski definition) is 5. The molecular formula is C27H34N4O3. The number of ketones is 1. The molecule has 2 aliphatic heterocycles. The summed E-state index contributed by atoms with van der Waals surface area (Å²) in [5, 5.41) is 2.98. The number of carbonyl (C=O) groups is 3. The molecule has 7 heteroatoms. The second-order valence-corrected chi connectivity index (χ2v) is 9.16. The van der Waals surface area contributed by atoms with E-state index in [-0.39, 0.29) is 23.6 Å². The number of anilines is 1. The van der Waals surface area contributed by atoms with Crippen LogP contribution in [-0.2, 0) is 9.59 Å². The minimum Gasteiger partial charge on any atom is -0.342 e. The van der Waals surface area contributed by atoms with E-state index in [1.54, 1.807) is 24.3 Å². The van der Waals surface area contributed by atoms with Crippen LogP contribution in [0.25, 0.3) is 0 Å². The average Bonchev–Trinajstić information content (AvgIpc) is 3.31. The molecule has 34 heavy (non-hydrogen) atoms. The normalized spacial score (nSPS) is 18.3. The number of likely N-dealkylation sites (tertiary alicyclic amines) is 1. The summed E-state index contributed by atoms with van der Waals surface area (Å²) in [6, 6.07) is 15.9. The smallest absolute Gasteiger partial charge is 0.241 e. The van der Waals surface area contributed by atoms with Crippen LogP contribution in [0.5, 0.6) is 0 Å². The van der Waals surface area contributed by atoms with Gasteiger partial charge in [-0.25, -0.2) is 0 Å². The number of nitrogens with zero attached hydrogens (tertiary/aromatic N) is 3. The van der Waals surface area contributed by atoms with E-state index in [1.165, 1.54) is 0 Å². The van der Waals surface area contributed by atoms with Crippen LogP contribution in [0.3, 0.4) is 0 Å². The van der Waals surface area contributed by atoms with Gasteiger partial charge in [0, 0.05) is 43.9 Å². The molecule has 2 aliphatic rings. The summed E-state index contributed by atoms with van der Waals surface area (Å²) in [6.07, 6.45) is 3.12. The SMILES string of the molecule is C[C@@H](C(=O)Nc1ccccc1C(=O)c1ccccc1)N1CCCN(CC(=O)N2CCCC2)CC1. The number of para-hydroxylation sites is 1. The highest BCUT2D eigenvalue weighted by Gasteiger charge is 2.27. The van der Waals surface area contributed by atoms with Crippen LogP contribution < -0.4 is 5.32 Å². The number of nitrogens with one attached hydrogen (secondary N) is 1. The molecule has 4 rings (SSSR count). The van der Waals surface area contributed by atoms with Crippen molar-refractivity contribution in [2.24, 2.45) is 0 Å². The third kappa shape index (κ3) is 5.90. The van der Waals surface area contributed by atoms with Crippen LogP contribution in [0.1, 0.15) is 42.1 Å². The highest BCUT2D eigenvalue weighted by atomic mass is 16.2. The Hall–Kier alpha value is -3.03. The lowest BCUT2D eigenvalue weighted by Crippen LogP contribution is -2.45.